The Balaban J connectivity index is 2.38. The van der Waals surface area contributed by atoms with Gasteiger partial charge in [0.25, 0.3) is 0 Å². The summed E-state index contributed by atoms with van der Waals surface area (Å²) in [6.45, 7) is 6.38. The molecule has 1 aliphatic rings. The van der Waals surface area contributed by atoms with Crippen molar-refractivity contribution in [1.29, 1.82) is 0 Å². The smallest absolute Gasteiger partial charge is 0.164 e. The average molecular weight is 294 g/mol. The lowest BCUT2D eigenvalue weighted by Gasteiger charge is -2.35. The monoisotopic (exact) mass is 294 g/mol. The summed E-state index contributed by atoms with van der Waals surface area (Å²) >= 11 is 0. The Morgan fingerprint density at radius 3 is 2.10 bits per heavy atom. The highest BCUT2D eigenvalue weighted by Crippen LogP contribution is 2.40. The normalized spacial score (nSPS) is 17.3. The highest BCUT2D eigenvalue weighted by Gasteiger charge is 2.25. The van der Waals surface area contributed by atoms with Crippen LogP contribution in [0, 0.1) is 0 Å². The Morgan fingerprint density at radius 2 is 1.57 bits per heavy atom. The average Bonchev–Trinajstić information content (AvgIpc) is 2.56. The molecule has 1 unspecified atom stereocenters. The molecule has 1 fully saturated rings. The quantitative estimate of drug-likeness (QED) is 0.870. The van der Waals surface area contributed by atoms with E-state index in [2.05, 4.69) is 17.1 Å². The van der Waals surface area contributed by atoms with E-state index in [1.807, 2.05) is 12.1 Å². The number of hydrogen-bond donors (Lipinski definition) is 1. The molecular weight excluding hydrogens is 268 g/mol. The van der Waals surface area contributed by atoms with Gasteiger partial charge in [-0.2, -0.15) is 0 Å². The Labute approximate surface area is 127 Å². The molecule has 1 aromatic carbocycles. The lowest BCUT2D eigenvalue weighted by Crippen LogP contribution is -2.45. The van der Waals surface area contributed by atoms with E-state index in [4.69, 9.17) is 14.2 Å². The highest BCUT2D eigenvalue weighted by molar-refractivity contribution is 5.51. The molecule has 2 rings (SSSR count). The van der Waals surface area contributed by atoms with Gasteiger partial charge in [0.15, 0.2) is 11.5 Å². The van der Waals surface area contributed by atoms with Crippen LogP contribution in [0.15, 0.2) is 12.1 Å². The van der Waals surface area contributed by atoms with Gasteiger partial charge in [-0.3, -0.25) is 4.90 Å². The lowest BCUT2D eigenvalue weighted by atomic mass is 10.00. The summed E-state index contributed by atoms with van der Waals surface area (Å²) in [6, 6.07) is 4.30. The third kappa shape index (κ3) is 3.41. The minimum absolute atomic E-state index is 0.335. The lowest BCUT2D eigenvalue weighted by molar-refractivity contribution is 0.166. The maximum atomic E-state index is 5.58. The number of rotatable bonds is 6. The standard InChI is InChI=1S/C16H26N2O3/c1-5-13(18-8-6-17-7-9-18)12-10-15(20-3)16(21-4)11-14(12)19-2/h10-11,13,17H,5-9H2,1-4H3. The summed E-state index contributed by atoms with van der Waals surface area (Å²) in [5, 5.41) is 3.40. The maximum absolute atomic E-state index is 5.58. The number of benzene rings is 1. The van der Waals surface area contributed by atoms with Gasteiger partial charge < -0.3 is 19.5 Å². The summed E-state index contributed by atoms with van der Waals surface area (Å²) in [5.41, 5.74) is 1.17. The zero-order valence-electron chi connectivity index (χ0n) is 13.4. The van der Waals surface area contributed by atoms with Gasteiger partial charge in [-0.15, -0.1) is 0 Å². The van der Waals surface area contributed by atoms with Crippen LogP contribution in [0.2, 0.25) is 0 Å². The van der Waals surface area contributed by atoms with Gasteiger partial charge in [-0.25, -0.2) is 0 Å². The summed E-state index contributed by atoms with van der Waals surface area (Å²) in [5.74, 6) is 2.31. The van der Waals surface area contributed by atoms with Gasteiger partial charge in [0.2, 0.25) is 0 Å². The molecule has 0 aromatic heterocycles. The van der Waals surface area contributed by atoms with Gasteiger partial charge in [0.1, 0.15) is 5.75 Å². The van der Waals surface area contributed by atoms with Crippen LogP contribution in [-0.4, -0.2) is 52.4 Å². The number of nitrogens with zero attached hydrogens (tertiary/aromatic N) is 1. The van der Waals surface area contributed by atoms with E-state index in [0.29, 0.717) is 11.8 Å². The molecule has 1 N–H and O–H groups in total. The number of hydrogen-bond acceptors (Lipinski definition) is 5. The zero-order valence-corrected chi connectivity index (χ0v) is 13.4. The first-order valence-corrected chi connectivity index (χ1v) is 7.49. The molecule has 0 amide bonds. The topological polar surface area (TPSA) is 43.0 Å². The Kier molecular flexibility index (Phi) is 5.70. The molecule has 118 valence electrons. The predicted molar refractivity (Wildman–Crippen MR) is 83.6 cm³/mol. The summed E-state index contributed by atoms with van der Waals surface area (Å²) in [7, 11) is 5.01. The summed E-state index contributed by atoms with van der Waals surface area (Å²) in [4.78, 5) is 2.50. The van der Waals surface area contributed by atoms with Gasteiger partial charge in [-0.1, -0.05) is 6.92 Å². The number of nitrogens with one attached hydrogen (secondary N) is 1. The molecule has 0 bridgehead atoms. The van der Waals surface area contributed by atoms with Gasteiger partial charge in [-0.05, 0) is 12.5 Å². The zero-order chi connectivity index (χ0) is 15.2. The van der Waals surface area contributed by atoms with Crippen LogP contribution < -0.4 is 19.5 Å². The first-order chi connectivity index (χ1) is 10.2. The van der Waals surface area contributed by atoms with Gasteiger partial charge in [0, 0.05) is 43.9 Å². The fourth-order valence-corrected chi connectivity index (χ4v) is 2.98. The Hall–Kier alpha value is -1.46. The van der Waals surface area contributed by atoms with Crippen LogP contribution in [0.4, 0.5) is 0 Å². The second-order valence-electron chi connectivity index (χ2n) is 5.16. The van der Waals surface area contributed by atoms with Crippen molar-refractivity contribution in [3.63, 3.8) is 0 Å². The second-order valence-corrected chi connectivity index (χ2v) is 5.16. The van der Waals surface area contributed by atoms with Crippen molar-refractivity contribution >= 4 is 0 Å². The first kappa shape index (κ1) is 15.9. The molecular formula is C16H26N2O3. The molecule has 1 atom stereocenters. The molecule has 1 heterocycles. The third-order valence-electron chi connectivity index (χ3n) is 4.07. The van der Waals surface area contributed by atoms with E-state index in [-0.39, 0.29) is 0 Å². The van der Waals surface area contributed by atoms with Gasteiger partial charge >= 0.3 is 0 Å². The highest BCUT2D eigenvalue weighted by atomic mass is 16.5. The molecule has 0 radical (unpaired) electrons. The van der Waals surface area contributed by atoms with Crippen molar-refractivity contribution in [2.45, 2.75) is 19.4 Å². The molecule has 21 heavy (non-hydrogen) atoms. The SMILES string of the molecule is CCC(c1cc(OC)c(OC)cc1OC)N1CCNCC1. The molecule has 5 nitrogen and oxygen atoms in total. The van der Waals surface area contributed by atoms with Crippen LogP contribution in [0.1, 0.15) is 24.9 Å². The van der Waals surface area contributed by atoms with Gasteiger partial charge in [0.05, 0.1) is 21.3 Å². The van der Waals surface area contributed by atoms with Crippen LogP contribution >= 0.6 is 0 Å². The van der Waals surface area contributed by atoms with Crippen molar-refractivity contribution in [1.82, 2.24) is 10.2 Å². The van der Waals surface area contributed by atoms with Crippen LogP contribution in [0.25, 0.3) is 0 Å². The summed E-state index contributed by atoms with van der Waals surface area (Å²) < 4.78 is 16.4. The van der Waals surface area contributed by atoms with E-state index in [9.17, 15) is 0 Å². The fourth-order valence-electron chi connectivity index (χ4n) is 2.98. The van der Waals surface area contributed by atoms with E-state index in [0.717, 1.165) is 44.1 Å². The maximum Gasteiger partial charge on any atom is 0.164 e. The minimum Gasteiger partial charge on any atom is -0.496 e. The Morgan fingerprint density at radius 1 is 1.00 bits per heavy atom. The van der Waals surface area contributed by atoms with E-state index < -0.39 is 0 Å². The third-order valence-corrected chi connectivity index (χ3v) is 4.07. The summed E-state index contributed by atoms with van der Waals surface area (Å²) in [6.07, 6.45) is 1.03. The van der Waals surface area contributed by atoms with Crippen molar-refractivity contribution in [2.75, 3.05) is 47.5 Å². The first-order valence-electron chi connectivity index (χ1n) is 7.49. The van der Waals surface area contributed by atoms with E-state index in [1.54, 1.807) is 21.3 Å². The fraction of sp³-hybridized carbons (Fsp3) is 0.625. The molecule has 0 aliphatic carbocycles. The van der Waals surface area contributed by atoms with Crippen molar-refractivity contribution in [2.24, 2.45) is 0 Å². The molecule has 0 saturated carbocycles. The van der Waals surface area contributed by atoms with Crippen LogP contribution in [-0.2, 0) is 0 Å². The van der Waals surface area contributed by atoms with Crippen LogP contribution in [0.5, 0.6) is 17.2 Å². The predicted octanol–water partition coefficient (Wildman–Crippen LogP) is 2.07. The van der Waals surface area contributed by atoms with Crippen molar-refractivity contribution in [3.05, 3.63) is 17.7 Å². The molecule has 1 aliphatic heterocycles. The Bertz CT molecular complexity index is 459. The molecule has 1 saturated heterocycles. The number of ether oxygens (including phenoxy) is 3. The second kappa shape index (κ2) is 7.52. The molecule has 1 aromatic rings. The van der Waals surface area contributed by atoms with E-state index in [1.165, 1.54) is 5.56 Å². The molecule has 5 heteroatoms. The van der Waals surface area contributed by atoms with Crippen molar-refractivity contribution in [3.8, 4) is 17.2 Å². The van der Waals surface area contributed by atoms with Crippen molar-refractivity contribution < 1.29 is 14.2 Å². The van der Waals surface area contributed by atoms with E-state index >= 15 is 0 Å². The molecule has 0 spiro atoms. The minimum atomic E-state index is 0.335. The van der Waals surface area contributed by atoms with Crippen LogP contribution in [0.3, 0.4) is 0 Å². The number of piperazine rings is 1. The number of methoxy groups -OCH3 is 3. The largest absolute Gasteiger partial charge is 0.496 e.